The molecule has 6 nitrogen and oxygen atoms in total. The van der Waals surface area contributed by atoms with E-state index in [1.165, 1.54) is 24.2 Å². The topological polar surface area (TPSA) is 63.1 Å². The van der Waals surface area contributed by atoms with Crippen LogP contribution < -0.4 is 10.2 Å². The second-order valence-corrected chi connectivity index (χ2v) is 6.92. The number of rotatable bonds is 5. The Balaban J connectivity index is 2.02. The molecule has 0 radical (unpaired) electrons. The summed E-state index contributed by atoms with van der Waals surface area (Å²) in [6.07, 6.45) is 3.64. The number of esters is 1. The molecule has 0 saturated carbocycles. The number of ether oxygens (including phenoxy) is 1. The summed E-state index contributed by atoms with van der Waals surface area (Å²) in [6, 6.07) is 8.96. The third-order valence-electron chi connectivity index (χ3n) is 5.18. The number of likely N-dealkylation sites (N-methyl/N-ethyl adjacent to an activating group) is 1. The molecule has 1 aromatic carbocycles. The predicted octanol–water partition coefficient (Wildman–Crippen LogP) is 1.27. The average molecular weight is 358 g/mol. The van der Waals surface area contributed by atoms with Gasteiger partial charge in [-0.05, 0) is 31.7 Å². The van der Waals surface area contributed by atoms with Crippen LogP contribution in [0.1, 0.15) is 37.8 Å². The highest BCUT2D eigenvalue weighted by atomic mass is 16.5. The van der Waals surface area contributed by atoms with Crippen LogP contribution in [0.4, 0.5) is 4.79 Å². The first kappa shape index (κ1) is 18.5. The van der Waals surface area contributed by atoms with E-state index in [4.69, 9.17) is 4.74 Å². The zero-order chi connectivity index (χ0) is 18.5. The molecule has 0 aliphatic carbocycles. The first-order chi connectivity index (χ1) is 12.6. The predicted molar refractivity (Wildman–Crippen MR) is 98.6 cm³/mol. The monoisotopic (exact) mass is 358 g/mol. The highest BCUT2D eigenvalue weighted by Crippen LogP contribution is 2.30. The van der Waals surface area contributed by atoms with Crippen molar-refractivity contribution in [1.82, 2.24) is 10.2 Å². The van der Waals surface area contributed by atoms with Crippen molar-refractivity contribution in [1.29, 1.82) is 0 Å². The third kappa shape index (κ3) is 3.90. The van der Waals surface area contributed by atoms with Gasteiger partial charge in [0.05, 0.1) is 37.0 Å². The Labute approximate surface area is 154 Å². The summed E-state index contributed by atoms with van der Waals surface area (Å²) in [6.45, 7) is 4.93. The van der Waals surface area contributed by atoms with E-state index in [2.05, 4.69) is 5.32 Å². The lowest BCUT2D eigenvalue weighted by atomic mass is 9.94. The molecular formula is C20H28N3O3+. The van der Waals surface area contributed by atoms with Crippen LogP contribution in [0, 0.1) is 0 Å². The van der Waals surface area contributed by atoms with E-state index in [1.807, 2.05) is 30.3 Å². The highest BCUT2D eigenvalue weighted by Gasteiger charge is 2.38. The molecule has 2 amide bonds. The normalized spacial score (nSPS) is 21.5. The van der Waals surface area contributed by atoms with E-state index in [9.17, 15) is 9.59 Å². The SMILES string of the molecule is CCOC(=O)C1=C(C[NH+]2CCCCC2)N(C)C(=O)N[C@@H]1c1ccccc1. The minimum Gasteiger partial charge on any atom is -0.463 e. The fourth-order valence-corrected chi connectivity index (χ4v) is 3.78. The second-order valence-electron chi connectivity index (χ2n) is 6.92. The minimum absolute atomic E-state index is 0.182. The molecular weight excluding hydrogens is 330 g/mol. The Kier molecular flexibility index (Phi) is 5.93. The van der Waals surface area contributed by atoms with E-state index in [0.717, 1.165) is 24.4 Å². The number of urea groups is 1. The molecule has 1 aromatic rings. The molecule has 2 heterocycles. The Morgan fingerprint density at radius 3 is 2.58 bits per heavy atom. The largest absolute Gasteiger partial charge is 0.463 e. The maximum absolute atomic E-state index is 12.8. The van der Waals surface area contributed by atoms with Crippen LogP contribution in [0.15, 0.2) is 41.6 Å². The summed E-state index contributed by atoms with van der Waals surface area (Å²) in [7, 11) is 1.73. The van der Waals surface area contributed by atoms with Crippen LogP contribution in [0.3, 0.4) is 0 Å². The Morgan fingerprint density at radius 2 is 1.92 bits per heavy atom. The number of nitrogens with one attached hydrogen (secondary N) is 2. The van der Waals surface area contributed by atoms with E-state index < -0.39 is 6.04 Å². The van der Waals surface area contributed by atoms with Gasteiger partial charge in [-0.15, -0.1) is 0 Å². The van der Waals surface area contributed by atoms with Gasteiger partial charge in [0, 0.05) is 7.05 Å². The summed E-state index contributed by atoms with van der Waals surface area (Å²) in [5, 5.41) is 2.96. The van der Waals surface area contributed by atoms with E-state index >= 15 is 0 Å². The van der Waals surface area contributed by atoms with Gasteiger partial charge in [-0.1, -0.05) is 30.3 Å². The summed E-state index contributed by atoms with van der Waals surface area (Å²) in [4.78, 5) is 28.4. The van der Waals surface area contributed by atoms with Crippen LogP contribution in [0.25, 0.3) is 0 Å². The van der Waals surface area contributed by atoms with Crippen LogP contribution in [0.2, 0.25) is 0 Å². The minimum atomic E-state index is -0.474. The first-order valence-corrected chi connectivity index (χ1v) is 9.44. The van der Waals surface area contributed by atoms with Gasteiger partial charge in [0.15, 0.2) is 0 Å². The van der Waals surface area contributed by atoms with Crippen LogP contribution >= 0.6 is 0 Å². The number of hydrogen-bond acceptors (Lipinski definition) is 3. The standard InChI is InChI=1S/C20H27N3O3/c1-3-26-19(24)17-16(14-23-12-8-5-9-13-23)22(2)20(25)21-18(17)15-10-6-4-7-11-15/h4,6-7,10-11,18H,3,5,8-9,12-14H2,1-2H3,(H,21,25)/p+1/t18-/m1/s1. The lowest BCUT2D eigenvalue weighted by Crippen LogP contribution is -3.13. The highest BCUT2D eigenvalue weighted by molar-refractivity contribution is 5.95. The number of benzene rings is 1. The molecule has 1 saturated heterocycles. The summed E-state index contributed by atoms with van der Waals surface area (Å²) in [5.41, 5.74) is 2.22. The molecule has 6 heteroatoms. The zero-order valence-corrected chi connectivity index (χ0v) is 15.6. The van der Waals surface area contributed by atoms with Gasteiger partial charge in [0.2, 0.25) is 0 Å². The Hall–Kier alpha value is -2.34. The van der Waals surface area contributed by atoms with Crippen LogP contribution in [0.5, 0.6) is 0 Å². The maximum Gasteiger partial charge on any atom is 0.338 e. The molecule has 26 heavy (non-hydrogen) atoms. The molecule has 3 rings (SSSR count). The molecule has 2 aliphatic heterocycles. The summed E-state index contributed by atoms with van der Waals surface area (Å²) < 4.78 is 5.35. The van der Waals surface area contributed by atoms with Crippen molar-refractivity contribution in [2.45, 2.75) is 32.2 Å². The fraction of sp³-hybridized carbons (Fsp3) is 0.500. The van der Waals surface area contributed by atoms with E-state index in [1.54, 1.807) is 18.9 Å². The van der Waals surface area contributed by atoms with Crippen molar-refractivity contribution >= 4 is 12.0 Å². The van der Waals surface area contributed by atoms with Gasteiger partial charge < -0.3 is 15.0 Å². The van der Waals surface area contributed by atoms with Crippen molar-refractivity contribution in [2.24, 2.45) is 0 Å². The molecule has 0 bridgehead atoms. The second kappa shape index (κ2) is 8.36. The quantitative estimate of drug-likeness (QED) is 0.779. The lowest BCUT2D eigenvalue weighted by Gasteiger charge is -2.36. The number of amides is 2. The summed E-state index contributed by atoms with van der Waals surface area (Å²) >= 11 is 0. The first-order valence-electron chi connectivity index (χ1n) is 9.44. The van der Waals surface area contributed by atoms with Crippen molar-refractivity contribution in [3.8, 4) is 0 Å². The molecule has 2 N–H and O–H groups in total. The molecule has 0 spiro atoms. The zero-order valence-electron chi connectivity index (χ0n) is 15.6. The fourth-order valence-electron chi connectivity index (χ4n) is 3.78. The number of carbonyl (C=O) groups is 2. The van der Waals surface area contributed by atoms with Crippen molar-refractivity contribution in [2.75, 3.05) is 33.3 Å². The molecule has 0 unspecified atom stereocenters. The number of carbonyl (C=O) groups excluding carboxylic acids is 2. The summed E-state index contributed by atoms with van der Waals surface area (Å²) in [5.74, 6) is -0.348. The number of likely N-dealkylation sites (tertiary alicyclic amines) is 1. The van der Waals surface area contributed by atoms with Crippen LogP contribution in [-0.4, -0.2) is 50.2 Å². The smallest absolute Gasteiger partial charge is 0.338 e. The number of piperidine rings is 1. The number of nitrogens with zero attached hydrogens (tertiary/aromatic N) is 1. The number of quaternary nitrogens is 1. The number of hydrogen-bond donors (Lipinski definition) is 2. The molecule has 0 aromatic heterocycles. The Bertz CT molecular complexity index is 681. The third-order valence-corrected chi connectivity index (χ3v) is 5.18. The lowest BCUT2D eigenvalue weighted by molar-refractivity contribution is -0.900. The van der Waals surface area contributed by atoms with Crippen molar-refractivity contribution < 1.29 is 19.2 Å². The average Bonchev–Trinajstić information content (AvgIpc) is 2.67. The van der Waals surface area contributed by atoms with Crippen molar-refractivity contribution in [3.63, 3.8) is 0 Å². The van der Waals surface area contributed by atoms with Gasteiger partial charge in [-0.3, -0.25) is 4.90 Å². The van der Waals surface area contributed by atoms with Gasteiger partial charge in [0.1, 0.15) is 6.54 Å². The van der Waals surface area contributed by atoms with Gasteiger partial charge in [-0.25, -0.2) is 9.59 Å². The van der Waals surface area contributed by atoms with Gasteiger partial charge >= 0.3 is 12.0 Å². The molecule has 1 fully saturated rings. The molecule has 2 aliphatic rings. The maximum atomic E-state index is 12.8. The molecule has 140 valence electrons. The Morgan fingerprint density at radius 1 is 1.23 bits per heavy atom. The van der Waals surface area contributed by atoms with Gasteiger partial charge in [-0.2, -0.15) is 0 Å². The molecule has 1 atom stereocenters. The van der Waals surface area contributed by atoms with Gasteiger partial charge in [0.25, 0.3) is 0 Å². The van der Waals surface area contributed by atoms with Crippen molar-refractivity contribution in [3.05, 3.63) is 47.2 Å². The van der Waals surface area contributed by atoms with E-state index in [-0.39, 0.29) is 12.0 Å². The van der Waals surface area contributed by atoms with E-state index in [0.29, 0.717) is 18.7 Å². The van der Waals surface area contributed by atoms with Crippen LogP contribution in [-0.2, 0) is 9.53 Å².